The molecule has 10 heteroatoms. The van der Waals surface area contributed by atoms with Crippen LogP contribution in [0.5, 0.6) is 0 Å². The van der Waals surface area contributed by atoms with E-state index in [1.165, 1.54) is 0 Å². The largest absolute Gasteiger partial charge is 0.431 e. The van der Waals surface area contributed by atoms with Crippen LogP contribution in [0.2, 0.25) is 5.02 Å². The second kappa shape index (κ2) is 5.82. The number of aliphatic hydroxyl groups is 1. The summed E-state index contributed by atoms with van der Waals surface area (Å²) in [7, 11) is 0.807. The van der Waals surface area contributed by atoms with Crippen molar-refractivity contribution in [3.8, 4) is 5.69 Å². The SMILES string of the molecule is Cn1c(C(F)(F)F)cc(=O)n(-c2cc(CO)c(Cl)cc2F)c1=O. The van der Waals surface area contributed by atoms with Crippen molar-refractivity contribution in [3.63, 3.8) is 0 Å². The third-order valence-electron chi connectivity index (χ3n) is 3.14. The zero-order chi connectivity index (χ0) is 17.5. The van der Waals surface area contributed by atoms with Gasteiger partial charge in [0, 0.05) is 18.1 Å². The predicted octanol–water partition coefficient (Wildman–Crippen LogP) is 1.84. The van der Waals surface area contributed by atoms with E-state index in [9.17, 15) is 27.2 Å². The van der Waals surface area contributed by atoms with Crippen molar-refractivity contribution in [2.24, 2.45) is 7.05 Å². The molecular weight excluding hydrogens is 344 g/mol. The Hall–Kier alpha value is -2.13. The van der Waals surface area contributed by atoms with Gasteiger partial charge in [0.25, 0.3) is 5.56 Å². The summed E-state index contributed by atoms with van der Waals surface area (Å²) in [5, 5.41) is 8.95. The second-order valence-electron chi connectivity index (χ2n) is 4.60. The first-order valence-electron chi connectivity index (χ1n) is 6.07. The summed E-state index contributed by atoms with van der Waals surface area (Å²) < 4.78 is 52.7. The molecular formula is C13H9ClF4N2O3. The minimum atomic E-state index is -4.92. The molecule has 1 heterocycles. The Morgan fingerprint density at radius 2 is 1.83 bits per heavy atom. The van der Waals surface area contributed by atoms with Gasteiger partial charge in [-0.15, -0.1) is 0 Å². The molecule has 23 heavy (non-hydrogen) atoms. The van der Waals surface area contributed by atoms with Crippen LogP contribution in [0.1, 0.15) is 11.3 Å². The van der Waals surface area contributed by atoms with E-state index >= 15 is 0 Å². The third-order valence-corrected chi connectivity index (χ3v) is 3.49. The van der Waals surface area contributed by atoms with Crippen molar-refractivity contribution in [2.75, 3.05) is 0 Å². The lowest BCUT2D eigenvalue weighted by atomic mass is 10.2. The van der Waals surface area contributed by atoms with Gasteiger partial charge in [-0.1, -0.05) is 11.6 Å². The number of nitrogens with zero attached hydrogens (tertiary/aromatic N) is 2. The van der Waals surface area contributed by atoms with Gasteiger partial charge in [0.1, 0.15) is 11.5 Å². The molecule has 0 aliphatic rings. The third kappa shape index (κ3) is 3.02. The summed E-state index contributed by atoms with van der Waals surface area (Å²) >= 11 is 5.67. The molecule has 124 valence electrons. The Morgan fingerprint density at radius 1 is 1.22 bits per heavy atom. The molecule has 0 unspecified atom stereocenters. The highest BCUT2D eigenvalue weighted by Crippen LogP contribution is 2.27. The first-order chi connectivity index (χ1) is 10.6. The smallest absolute Gasteiger partial charge is 0.392 e. The number of alkyl halides is 3. The lowest BCUT2D eigenvalue weighted by Gasteiger charge is -2.15. The van der Waals surface area contributed by atoms with Crippen LogP contribution in [0.3, 0.4) is 0 Å². The fraction of sp³-hybridized carbons (Fsp3) is 0.231. The molecule has 0 spiro atoms. The van der Waals surface area contributed by atoms with E-state index in [-0.39, 0.29) is 25.8 Å². The maximum absolute atomic E-state index is 14.0. The highest BCUT2D eigenvalue weighted by molar-refractivity contribution is 6.31. The summed E-state index contributed by atoms with van der Waals surface area (Å²) in [6.45, 7) is -0.609. The monoisotopic (exact) mass is 352 g/mol. The van der Waals surface area contributed by atoms with E-state index < -0.39 is 41.2 Å². The van der Waals surface area contributed by atoms with Crippen LogP contribution in [-0.4, -0.2) is 14.2 Å². The molecule has 5 nitrogen and oxygen atoms in total. The molecule has 0 saturated carbocycles. The molecule has 0 fully saturated rings. The average Bonchev–Trinajstić information content (AvgIpc) is 2.44. The fourth-order valence-corrected chi connectivity index (χ4v) is 2.20. The highest BCUT2D eigenvalue weighted by atomic mass is 35.5. The van der Waals surface area contributed by atoms with Crippen LogP contribution in [0.4, 0.5) is 17.6 Å². The van der Waals surface area contributed by atoms with Gasteiger partial charge >= 0.3 is 11.9 Å². The number of benzene rings is 1. The average molecular weight is 353 g/mol. The Kier molecular flexibility index (Phi) is 4.36. The van der Waals surface area contributed by atoms with Crippen LogP contribution in [0.15, 0.2) is 27.8 Å². The predicted molar refractivity (Wildman–Crippen MR) is 73.2 cm³/mol. The Balaban J connectivity index is 2.84. The summed E-state index contributed by atoms with van der Waals surface area (Å²) in [5.41, 5.74) is -4.78. The Labute approximate surface area is 131 Å². The van der Waals surface area contributed by atoms with Gasteiger partial charge in [-0.05, 0) is 17.7 Å². The molecule has 1 aromatic carbocycles. The highest BCUT2D eigenvalue weighted by Gasteiger charge is 2.35. The summed E-state index contributed by atoms with van der Waals surface area (Å²) in [4.78, 5) is 23.9. The Morgan fingerprint density at radius 3 is 2.35 bits per heavy atom. The van der Waals surface area contributed by atoms with Crippen LogP contribution < -0.4 is 11.2 Å². The zero-order valence-electron chi connectivity index (χ0n) is 11.5. The van der Waals surface area contributed by atoms with E-state index in [1.54, 1.807) is 0 Å². The molecule has 1 N–H and O–H groups in total. The molecule has 0 saturated heterocycles. The van der Waals surface area contributed by atoms with Crippen molar-refractivity contribution in [1.82, 2.24) is 9.13 Å². The molecule has 2 rings (SSSR count). The maximum Gasteiger partial charge on any atom is 0.431 e. The van der Waals surface area contributed by atoms with E-state index in [0.29, 0.717) is 0 Å². The molecule has 0 amide bonds. The minimum Gasteiger partial charge on any atom is -0.392 e. The lowest BCUT2D eigenvalue weighted by Crippen LogP contribution is -2.41. The first-order valence-corrected chi connectivity index (χ1v) is 6.45. The van der Waals surface area contributed by atoms with Crippen LogP contribution in [0.25, 0.3) is 5.69 Å². The van der Waals surface area contributed by atoms with Gasteiger partial charge in [-0.2, -0.15) is 13.2 Å². The van der Waals surface area contributed by atoms with E-state index in [1.807, 2.05) is 0 Å². The summed E-state index contributed by atoms with van der Waals surface area (Å²) in [6.07, 6.45) is -4.92. The van der Waals surface area contributed by atoms with Crippen LogP contribution >= 0.6 is 11.6 Å². The molecule has 0 aliphatic heterocycles. The van der Waals surface area contributed by atoms with Crippen molar-refractivity contribution in [3.05, 3.63) is 61.1 Å². The molecule has 0 bridgehead atoms. The van der Waals surface area contributed by atoms with Crippen molar-refractivity contribution < 1.29 is 22.7 Å². The minimum absolute atomic E-state index is 0.0110. The van der Waals surface area contributed by atoms with Crippen molar-refractivity contribution >= 4 is 11.6 Å². The number of hydrogen-bond donors (Lipinski definition) is 1. The molecule has 1 aromatic heterocycles. The number of aromatic nitrogens is 2. The molecule has 0 radical (unpaired) electrons. The summed E-state index contributed by atoms with van der Waals surface area (Å²) in [5.74, 6) is -1.09. The van der Waals surface area contributed by atoms with Gasteiger partial charge in [0.2, 0.25) is 0 Å². The van der Waals surface area contributed by atoms with Crippen LogP contribution in [-0.2, 0) is 19.8 Å². The molecule has 0 atom stereocenters. The topological polar surface area (TPSA) is 64.2 Å². The lowest BCUT2D eigenvalue weighted by molar-refractivity contribution is -0.144. The molecule has 0 aliphatic carbocycles. The number of hydrogen-bond acceptors (Lipinski definition) is 3. The van der Waals surface area contributed by atoms with E-state index in [2.05, 4.69) is 0 Å². The van der Waals surface area contributed by atoms with Crippen molar-refractivity contribution in [2.45, 2.75) is 12.8 Å². The van der Waals surface area contributed by atoms with Gasteiger partial charge in [-0.25, -0.2) is 13.8 Å². The van der Waals surface area contributed by atoms with Crippen molar-refractivity contribution in [1.29, 1.82) is 0 Å². The van der Waals surface area contributed by atoms with E-state index in [0.717, 1.165) is 19.2 Å². The standard InChI is InChI=1S/C13H9ClF4N2O3/c1-19-10(13(16,17)18)4-11(22)20(12(19)23)9-2-6(5-21)7(14)3-8(9)15/h2-4,21H,5H2,1H3. The van der Waals surface area contributed by atoms with Gasteiger partial charge in [-0.3, -0.25) is 9.36 Å². The van der Waals surface area contributed by atoms with Gasteiger partial charge < -0.3 is 5.11 Å². The molecule has 2 aromatic rings. The second-order valence-corrected chi connectivity index (χ2v) is 5.00. The van der Waals surface area contributed by atoms with Gasteiger partial charge in [0.15, 0.2) is 0 Å². The number of halogens is 5. The van der Waals surface area contributed by atoms with E-state index in [4.69, 9.17) is 16.7 Å². The van der Waals surface area contributed by atoms with Gasteiger partial charge in [0.05, 0.1) is 12.3 Å². The Bertz CT molecular complexity index is 886. The zero-order valence-corrected chi connectivity index (χ0v) is 12.2. The fourth-order valence-electron chi connectivity index (χ4n) is 1.99. The maximum atomic E-state index is 14.0. The first kappa shape index (κ1) is 17.2. The quantitative estimate of drug-likeness (QED) is 0.839. The van der Waals surface area contributed by atoms with Crippen LogP contribution in [0, 0.1) is 5.82 Å². The normalized spacial score (nSPS) is 11.8. The number of rotatable bonds is 2. The number of aliphatic hydroxyl groups excluding tert-OH is 1. The summed E-state index contributed by atoms with van der Waals surface area (Å²) in [6, 6.07) is 1.87.